The van der Waals surface area contributed by atoms with Gasteiger partial charge in [-0.1, -0.05) is 19.1 Å². The average molecular weight is 239 g/mol. The van der Waals surface area contributed by atoms with Gasteiger partial charge in [0.1, 0.15) is 5.75 Å². The maximum absolute atomic E-state index is 12.3. The third kappa shape index (κ3) is 1.66. The highest BCUT2D eigenvalue weighted by Crippen LogP contribution is 2.41. The number of nitrogens with one attached hydrogen (secondary N) is 1. The highest BCUT2D eigenvalue weighted by molar-refractivity contribution is 7.86. The maximum Gasteiger partial charge on any atom is 0.135 e. The van der Waals surface area contributed by atoms with Crippen molar-refractivity contribution in [1.82, 2.24) is 5.32 Å². The highest BCUT2D eigenvalue weighted by atomic mass is 32.2. The van der Waals surface area contributed by atoms with Crippen molar-refractivity contribution in [3.8, 4) is 5.75 Å². The fraction of sp³-hybridized carbons (Fsp3) is 0.500. The molecule has 0 radical (unpaired) electrons. The molecule has 3 unspecified atom stereocenters. The van der Waals surface area contributed by atoms with Crippen molar-refractivity contribution in [1.29, 1.82) is 0 Å². The molecule has 0 amide bonds. The van der Waals surface area contributed by atoms with E-state index in [9.17, 15) is 4.21 Å². The molecule has 0 bridgehead atoms. The Morgan fingerprint density at radius 3 is 2.88 bits per heavy atom. The van der Waals surface area contributed by atoms with Gasteiger partial charge in [-0.2, -0.15) is 0 Å². The van der Waals surface area contributed by atoms with Crippen molar-refractivity contribution in [2.75, 3.05) is 13.7 Å². The molecule has 0 fully saturated rings. The normalized spacial score (nSPS) is 27.8. The summed E-state index contributed by atoms with van der Waals surface area (Å²) in [5, 5.41) is 3.49. The van der Waals surface area contributed by atoms with E-state index in [4.69, 9.17) is 4.74 Å². The lowest BCUT2D eigenvalue weighted by Gasteiger charge is -2.15. The van der Waals surface area contributed by atoms with E-state index in [-0.39, 0.29) is 11.3 Å². The standard InChI is InChI=1S/C12H17NO2S/c1-4-13-11-8(2)16(14)12-9(11)6-5-7-10(12)15-3/h5-8,11,13H,4H2,1-3H3. The second kappa shape index (κ2) is 4.55. The molecule has 0 saturated heterocycles. The number of methoxy groups -OCH3 is 1. The van der Waals surface area contributed by atoms with E-state index in [1.807, 2.05) is 25.1 Å². The smallest absolute Gasteiger partial charge is 0.135 e. The quantitative estimate of drug-likeness (QED) is 0.875. The van der Waals surface area contributed by atoms with Crippen LogP contribution in [-0.2, 0) is 10.8 Å². The van der Waals surface area contributed by atoms with E-state index >= 15 is 0 Å². The summed E-state index contributed by atoms with van der Waals surface area (Å²) in [5.41, 5.74) is 1.12. The summed E-state index contributed by atoms with van der Waals surface area (Å²) in [6.45, 7) is 4.96. The third-order valence-electron chi connectivity index (χ3n) is 3.00. The van der Waals surface area contributed by atoms with Crippen LogP contribution in [0.25, 0.3) is 0 Å². The summed E-state index contributed by atoms with van der Waals surface area (Å²) >= 11 is 0. The van der Waals surface area contributed by atoms with E-state index in [2.05, 4.69) is 12.2 Å². The second-order valence-electron chi connectivity index (χ2n) is 3.92. The molecule has 88 valence electrons. The fourth-order valence-corrected chi connectivity index (χ4v) is 3.85. The molecule has 3 atom stereocenters. The predicted octanol–water partition coefficient (Wildman–Crippen LogP) is 1.86. The first-order valence-electron chi connectivity index (χ1n) is 5.51. The van der Waals surface area contributed by atoms with Crippen LogP contribution in [0.4, 0.5) is 0 Å². The molecule has 0 spiro atoms. The Bertz CT molecular complexity index is 419. The van der Waals surface area contributed by atoms with E-state index < -0.39 is 10.8 Å². The van der Waals surface area contributed by atoms with Gasteiger partial charge < -0.3 is 10.1 Å². The Hall–Kier alpha value is -0.870. The summed E-state index contributed by atoms with van der Waals surface area (Å²) < 4.78 is 17.5. The number of fused-ring (bicyclic) bond motifs is 1. The summed E-state index contributed by atoms with van der Waals surface area (Å²) in [4.78, 5) is 0.864. The Morgan fingerprint density at radius 1 is 1.50 bits per heavy atom. The van der Waals surface area contributed by atoms with Crippen LogP contribution in [0.15, 0.2) is 23.1 Å². The maximum atomic E-state index is 12.3. The predicted molar refractivity (Wildman–Crippen MR) is 65.3 cm³/mol. The van der Waals surface area contributed by atoms with Crippen LogP contribution in [0.1, 0.15) is 25.5 Å². The SMILES string of the molecule is CCNC1c2cccc(OC)c2S(=O)C1C. The minimum absolute atomic E-state index is 0.103. The lowest BCUT2D eigenvalue weighted by molar-refractivity contribution is 0.402. The molecule has 2 rings (SSSR count). The minimum atomic E-state index is -0.973. The van der Waals surface area contributed by atoms with Gasteiger partial charge in [0, 0.05) is 6.04 Å². The molecule has 1 aromatic carbocycles. The van der Waals surface area contributed by atoms with Crippen LogP contribution in [0.3, 0.4) is 0 Å². The minimum Gasteiger partial charge on any atom is -0.495 e. The Labute approximate surface area is 98.7 Å². The van der Waals surface area contributed by atoms with Crippen molar-refractivity contribution in [3.63, 3.8) is 0 Å². The third-order valence-corrected chi connectivity index (χ3v) is 4.78. The van der Waals surface area contributed by atoms with Crippen LogP contribution in [0, 0.1) is 0 Å². The Kier molecular flexibility index (Phi) is 3.30. The lowest BCUT2D eigenvalue weighted by Crippen LogP contribution is -2.27. The number of benzene rings is 1. The van der Waals surface area contributed by atoms with Gasteiger partial charge in [0.2, 0.25) is 0 Å². The first-order chi connectivity index (χ1) is 7.70. The summed E-state index contributed by atoms with van der Waals surface area (Å²) in [6.07, 6.45) is 0. The van der Waals surface area contributed by atoms with Crippen LogP contribution < -0.4 is 10.1 Å². The number of hydrogen-bond donors (Lipinski definition) is 1. The van der Waals surface area contributed by atoms with Crippen molar-refractivity contribution in [2.24, 2.45) is 0 Å². The molecule has 0 aliphatic carbocycles. The zero-order chi connectivity index (χ0) is 11.7. The summed E-state index contributed by atoms with van der Waals surface area (Å²) in [5.74, 6) is 0.739. The summed E-state index contributed by atoms with van der Waals surface area (Å²) in [6, 6.07) is 6.04. The van der Waals surface area contributed by atoms with Gasteiger partial charge in [-0.05, 0) is 25.1 Å². The molecule has 4 heteroatoms. The van der Waals surface area contributed by atoms with Crippen molar-refractivity contribution < 1.29 is 8.95 Å². The lowest BCUT2D eigenvalue weighted by atomic mass is 10.0. The van der Waals surface area contributed by atoms with E-state index in [0.717, 1.165) is 22.8 Å². The molecule has 1 aromatic rings. The Balaban J connectivity index is 2.50. The molecule has 0 aromatic heterocycles. The van der Waals surface area contributed by atoms with Gasteiger partial charge in [0.15, 0.2) is 0 Å². The van der Waals surface area contributed by atoms with Gasteiger partial charge in [0.05, 0.1) is 28.1 Å². The molecule has 1 heterocycles. The Morgan fingerprint density at radius 2 is 2.25 bits per heavy atom. The van der Waals surface area contributed by atoms with Crippen LogP contribution in [0.5, 0.6) is 5.75 Å². The molecule has 1 aliphatic heterocycles. The fourth-order valence-electron chi connectivity index (χ4n) is 2.21. The molecule has 1 N–H and O–H groups in total. The van der Waals surface area contributed by atoms with Gasteiger partial charge >= 0.3 is 0 Å². The monoisotopic (exact) mass is 239 g/mol. The zero-order valence-corrected chi connectivity index (χ0v) is 10.6. The zero-order valence-electron chi connectivity index (χ0n) is 9.82. The topological polar surface area (TPSA) is 38.3 Å². The van der Waals surface area contributed by atoms with Gasteiger partial charge in [-0.25, -0.2) is 0 Å². The first-order valence-corrected chi connectivity index (χ1v) is 6.72. The van der Waals surface area contributed by atoms with Gasteiger partial charge in [-0.3, -0.25) is 4.21 Å². The van der Waals surface area contributed by atoms with E-state index in [0.29, 0.717) is 0 Å². The number of rotatable bonds is 3. The van der Waals surface area contributed by atoms with Crippen LogP contribution >= 0.6 is 0 Å². The van der Waals surface area contributed by atoms with Crippen molar-refractivity contribution in [2.45, 2.75) is 30.0 Å². The van der Waals surface area contributed by atoms with E-state index in [1.165, 1.54) is 0 Å². The molecule has 3 nitrogen and oxygen atoms in total. The van der Waals surface area contributed by atoms with Crippen molar-refractivity contribution in [3.05, 3.63) is 23.8 Å². The second-order valence-corrected chi connectivity index (χ2v) is 5.66. The molecular formula is C12H17NO2S. The van der Waals surface area contributed by atoms with Crippen molar-refractivity contribution >= 4 is 10.8 Å². The molecule has 0 saturated carbocycles. The summed E-state index contributed by atoms with van der Waals surface area (Å²) in [7, 11) is 0.650. The van der Waals surface area contributed by atoms with Gasteiger partial charge in [0.25, 0.3) is 0 Å². The number of hydrogen-bond acceptors (Lipinski definition) is 3. The largest absolute Gasteiger partial charge is 0.495 e. The first kappa shape index (κ1) is 11.6. The highest BCUT2D eigenvalue weighted by Gasteiger charge is 2.37. The number of ether oxygens (including phenoxy) is 1. The molecular weight excluding hydrogens is 222 g/mol. The molecule has 1 aliphatic rings. The van der Waals surface area contributed by atoms with Crippen LogP contribution in [0.2, 0.25) is 0 Å². The molecule has 16 heavy (non-hydrogen) atoms. The average Bonchev–Trinajstić information content (AvgIpc) is 2.55. The van der Waals surface area contributed by atoms with E-state index in [1.54, 1.807) is 7.11 Å². The van der Waals surface area contributed by atoms with Crippen LogP contribution in [-0.4, -0.2) is 23.1 Å². The van der Waals surface area contributed by atoms with Gasteiger partial charge in [-0.15, -0.1) is 0 Å².